The van der Waals surface area contributed by atoms with Gasteiger partial charge >= 0.3 is 0 Å². The first kappa shape index (κ1) is 10.4. The van der Waals surface area contributed by atoms with Crippen molar-refractivity contribution in [3.05, 3.63) is 0 Å². The lowest BCUT2D eigenvalue weighted by molar-refractivity contribution is -0.937. The summed E-state index contributed by atoms with van der Waals surface area (Å²) in [4.78, 5) is 0. The van der Waals surface area contributed by atoms with Crippen LogP contribution in [0.1, 0.15) is 33.6 Å². The van der Waals surface area contributed by atoms with Crippen molar-refractivity contribution >= 4 is 0 Å². The molecule has 0 aromatic heterocycles. The van der Waals surface area contributed by atoms with Crippen LogP contribution < -0.4 is 0 Å². The molecule has 2 aliphatic heterocycles. The second kappa shape index (κ2) is 3.49. The molecule has 0 saturated carbocycles. The molecule has 0 aromatic rings. The van der Waals surface area contributed by atoms with Gasteiger partial charge in [0, 0.05) is 13.0 Å². The van der Waals surface area contributed by atoms with Crippen molar-refractivity contribution in [2.24, 2.45) is 5.41 Å². The van der Waals surface area contributed by atoms with Crippen molar-refractivity contribution in [3.8, 4) is 0 Å². The first-order valence-electron chi connectivity index (χ1n) is 6.06. The van der Waals surface area contributed by atoms with Gasteiger partial charge in [-0.15, -0.1) is 0 Å². The number of ether oxygens (including phenoxy) is 1. The van der Waals surface area contributed by atoms with E-state index < -0.39 is 0 Å². The Labute approximate surface area is 87.8 Å². The number of likely N-dealkylation sites (tertiary alicyclic amines) is 1. The molecule has 1 spiro atoms. The van der Waals surface area contributed by atoms with Crippen molar-refractivity contribution in [1.29, 1.82) is 0 Å². The lowest BCUT2D eigenvalue weighted by Crippen LogP contribution is -2.52. The van der Waals surface area contributed by atoms with Crippen LogP contribution in [0.15, 0.2) is 0 Å². The Morgan fingerprint density at radius 1 is 1.36 bits per heavy atom. The topological polar surface area (TPSA) is 9.23 Å². The highest BCUT2D eigenvalue weighted by Crippen LogP contribution is 2.42. The maximum absolute atomic E-state index is 5.59. The molecule has 0 N–H and O–H groups in total. The van der Waals surface area contributed by atoms with E-state index in [0.717, 1.165) is 19.3 Å². The smallest absolute Gasteiger partial charge is 0.0871 e. The molecule has 2 atom stereocenters. The summed E-state index contributed by atoms with van der Waals surface area (Å²) in [5, 5.41) is 0. The highest BCUT2D eigenvalue weighted by atomic mass is 16.5. The highest BCUT2D eigenvalue weighted by Gasteiger charge is 2.50. The van der Waals surface area contributed by atoms with Crippen LogP contribution in [0.2, 0.25) is 0 Å². The fourth-order valence-electron chi connectivity index (χ4n) is 3.33. The lowest BCUT2D eigenvalue weighted by atomic mass is 9.86. The third-order valence-corrected chi connectivity index (χ3v) is 4.65. The molecule has 0 aliphatic carbocycles. The van der Waals surface area contributed by atoms with Gasteiger partial charge in [0.05, 0.1) is 37.7 Å². The molecule has 2 heterocycles. The van der Waals surface area contributed by atoms with E-state index in [9.17, 15) is 0 Å². The molecule has 2 nitrogen and oxygen atoms in total. The normalized spacial score (nSPS) is 42.9. The number of rotatable bonds is 2. The minimum atomic E-state index is 0.556. The van der Waals surface area contributed by atoms with Gasteiger partial charge in [-0.1, -0.05) is 0 Å². The highest BCUT2D eigenvalue weighted by molar-refractivity contribution is 4.87. The zero-order valence-corrected chi connectivity index (χ0v) is 9.88. The van der Waals surface area contributed by atoms with E-state index in [0.29, 0.717) is 5.41 Å². The number of hydrogen-bond donors (Lipinski definition) is 0. The molecule has 2 aliphatic rings. The molecule has 14 heavy (non-hydrogen) atoms. The fraction of sp³-hybridized carbons (Fsp3) is 1.00. The summed E-state index contributed by atoms with van der Waals surface area (Å²) in [7, 11) is 0. The zero-order chi connectivity index (χ0) is 10.2. The molecule has 0 amide bonds. The molecular formula is C12H24NO+. The molecule has 0 bridgehead atoms. The van der Waals surface area contributed by atoms with Crippen LogP contribution in [0.5, 0.6) is 0 Å². The van der Waals surface area contributed by atoms with Crippen molar-refractivity contribution in [1.82, 2.24) is 0 Å². The van der Waals surface area contributed by atoms with Gasteiger partial charge in [-0.2, -0.15) is 0 Å². The van der Waals surface area contributed by atoms with E-state index in [1.807, 2.05) is 0 Å². The Balaban J connectivity index is 2.11. The van der Waals surface area contributed by atoms with E-state index in [-0.39, 0.29) is 0 Å². The summed E-state index contributed by atoms with van der Waals surface area (Å²) in [6, 6.07) is 0.778. The molecule has 82 valence electrons. The lowest BCUT2D eigenvalue weighted by Gasteiger charge is -2.39. The quantitative estimate of drug-likeness (QED) is 0.617. The zero-order valence-electron chi connectivity index (χ0n) is 9.88. The molecular weight excluding hydrogens is 174 g/mol. The summed E-state index contributed by atoms with van der Waals surface area (Å²) < 4.78 is 6.91. The van der Waals surface area contributed by atoms with Gasteiger partial charge < -0.3 is 9.22 Å². The molecule has 2 fully saturated rings. The maximum Gasteiger partial charge on any atom is 0.0871 e. The van der Waals surface area contributed by atoms with E-state index in [1.165, 1.54) is 37.0 Å². The standard InChI is InChI=1S/C12H24NO/c1-4-13(11(2)3)7-5-12(9-13)6-8-14-10-12/h11H,4-10H2,1-3H3/q+1. The Kier molecular flexibility index (Phi) is 2.61. The van der Waals surface area contributed by atoms with Crippen LogP contribution in [-0.4, -0.2) is 43.4 Å². The Morgan fingerprint density at radius 2 is 2.14 bits per heavy atom. The summed E-state index contributed by atoms with van der Waals surface area (Å²) >= 11 is 0. The third kappa shape index (κ3) is 1.49. The SMILES string of the molecule is CC[N+]1(C(C)C)CCC2(CCOC2)C1. The second-order valence-electron chi connectivity index (χ2n) is 5.56. The number of nitrogens with zero attached hydrogens (tertiary/aromatic N) is 1. The van der Waals surface area contributed by atoms with Gasteiger partial charge in [0.2, 0.25) is 0 Å². The summed E-state index contributed by atoms with van der Waals surface area (Å²) in [5.41, 5.74) is 0.556. The van der Waals surface area contributed by atoms with Crippen molar-refractivity contribution in [2.75, 3.05) is 32.8 Å². The maximum atomic E-state index is 5.59. The minimum Gasteiger partial charge on any atom is -0.381 e. The van der Waals surface area contributed by atoms with Crippen molar-refractivity contribution < 1.29 is 9.22 Å². The van der Waals surface area contributed by atoms with Gasteiger partial charge in [-0.25, -0.2) is 0 Å². The van der Waals surface area contributed by atoms with Gasteiger partial charge in [0.15, 0.2) is 0 Å². The summed E-state index contributed by atoms with van der Waals surface area (Å²) in [5.74, 6) is 0. The Bertz CT molecular complexity index is 208. The van der Waals surface area contributed by atoms with Crippen molar-refractivity contribution in [3.63, 3.8) is 0 Å². The van der Waals surface area contributed by atoms with Gasteiger partial charge in [0.25, 0.3) is 0 Å². The van der Waals surface area contributed by atoms with E-state index in [2.05, 4.69) is 20.8 Å². The predicted molar refractivity (Wildman–Crippen MR) is 58.2 cm³/mol. The number of hydrogen-bond acceptors (Lipinski definition) is 1. The van der Waals surface area contributed by atoms with E-state index in [1.54, 1.807) is 0 Å². The average molecular weight is 198 g/mol. The van der Waals surface area contributed by atoms with Gasteiger partial charge in [0.1, 0.15) is 0 Å². The Morgan fingerprint density at radius 3 is 2.57 bits per heavy atom. The monoisotopic (exact) mass is 198 g/mol. The molecule has 2 unspecified atom stereocenters. The van der Waals surface area contributed by atoms with Crippen LogP contribution >= 0.6 is 0 Å². The van der Waals surface area contributed by atoms with Gasteiger partial charge in [-0.05, 0) is 27.2 Å². The van der Waals surface area contributed by atoms with E-state index >= 15 is 0 Å². The third-order valence-electron chi connectivity index (χ3n) is 4.65. The molecule has 0 radical (unpaired) electrons. The minimum absolute atomic E-state index is 0.556. The first-order chi connectivity index (χ1) is 6.63. The average Bonchev–Trinajstić information content (AvgIpc) is 2.76. The number of quaternary nitrogens is 1. The van der Waals surface area contributed by atoms with Crippen LogP contribution in [0.4, 0.5) is 0 Å². The second-order valence-corrected chi connectivity index (χ2v) is 5.56. The van der Waals surface area contributed by atoms with Crippen LogP contribution in [-0.2, 0) is 4.74 Å². The van der Waals surface area contributed by atoms with Crippen LogP contribution in [0.3, 0.4) is 0 Å². The van der Waals surface area contributed by atoms with Crippen LogP contribution in [0.25, 0.3) is 0 Å². The molecule has 2 heteroatoms. The molecule has 0 aromatic carbocycles. The Hall–Kier alpha value is -0.0800. The fourth-order valence-corrected chi connectivity index (χ4v) is 3.33. The largest absolute Gasteiger partial charge is 0.381 e. The van der Waals surface area contributed by atoms with E-state index in [4.69, 9.17) is 4.74 Å². The summed E-state index contributed by atoms with van der Waals surface area (Å²) in [6.07, 6.45) is 2.69. The summed E-state index contributed by atoms with van der Waals surface area (Å²) in [6.45, 7) is 13.1. The molecule has 2 rings (SSSR count). The first-order valence-corrected chi connectivity index (χ1v) is 6.06. The molecule has 2 saturated heterocycles. The van der Waals surface area contributed by atoms with Gasteiger partial charge in [-0.3, -0.25) is 0 Å². The van der Waals surface area contributed by atoms with Crippen LogP contribution in [0, 0.1) is 5.41 Å². The van der Waals surface area contributed by atoms with Crippen molar-refractivity contribution in [2.45, 2.75) is 39.7 Å². The predicted octanol–water partition coefficient (Wildman–Crippen LogP) is 2.04.